The predicted molar refractivity (Wildman–Crippen MR) is 93.3 cm³/mol. The van der Waals surface area contributed by atoms with Gasteiger partial charge in [-0.3, -0.25) is 4.79 Å². The number of aryl methyl sites for hydroxylation is 1. The Hall–Kier alpha value is -2.63. The highest BCUT2D eigenvalue weighted by atomic mass is 16.5. The second-order valence-electron chi connectivity index (χ2n) is 5.92. The van der Waals surface area contributed by atoms with Crippen LogP contribution in [-0.4, -0.2) is 35.4 Å². The quantitative estimate of drug-likeness (QED) is 0.540. The molecule has 0 aliphatic carbocycles. The number of amides is 1. The zero-order chi connectivity index (χ0) is 18.2. The number of oxazole rings is 1. The minimum Gasteiger partial charge on any atom is -0.464 e. The first-order valence-corrected chi connectivity index (χ1v) is 8.43. The molecule has 0 N–H and O–H groups in total. The maximum Gasteiger partial charge on any atom is 0.360 e. The molecule has 0 aliphatic heterocycles. The topological polar surface area (TPSA) is 72.6 Å². The van der Waals surface area contributed by atoms with Gasteiger partial charge in [-0.25, -0.2) is 9.78 Å². The number of carbonyl (C=O) groups excluding carboxylic acids is 2. The van der Waals surface area contributed by atoms with Crippen LogP contribution >= 0.6 is 0 Å². The van der Waals surface area contributed by atoms with Crippen LogP contribution < -0.4 is 0 Å². The Kier molecular flexibility index (Phi) is 6.74. The van der Waals surface area contributed by atoms with E-state index in [2.05, 4.69) is 16.6 Å². The lowest BCUT2D eigenvalue weighted by Gasteiger charge is -2.21. The summed E-state index contributed by atoms with van der Waals surface area (Å²) in [4.78, 5) is 30.1. The molecule has 25 heavy (non-hydrogen) atoms. The van der Waals surface area contributed by atoms with Gasteiger partial charge in [0.05, 0.1) is 13.7 Å². The molecule has 0 fully saturated rings. The van der Waals surface area contributed by atoms with Gasteiger partial charge in [0, 0.05) is 12.1 Å². The molecule has 0 spiro atoms. The second kappa shape index (κ2) is 9.01. The van der Waals surface area contributed by atoms with Gasteiger partial charge in [-0.05, 0) is 25.5 Å². The Morgan fingerprint density at radius 3 is 2.56 bits per heavy atom. The van der Waals surface area contributed by atoms with Crippen molar-refractivity contribution in [3.05, 3.63) is 53.2 Å². The Labute approximate surface area is 147 Å². The van der Waals surface area contributed by atoms with Crippen LogP contribution in [0.1, 0.15) is 58.5 Å². The number of nitrogens with zero attached hydrogens (tertiary/aromatic N) is 2. The van der Waals surface area contributed by atoms with E-state index in [1.165, 1.54) is 13.4 Å². The van der Waals surface area contributed by atoms with Crippen LogP contribution in [-0.2, 0) is 11.3 Å². The lowest BCUT2D eigenvalue weighted by molar-refractivity contribution is 0.0594. The van der Waals surface area contributed by atoms with E-state index in [9.17, 15) is 9.59 Å². The van der Waals surface area contributed by atoms with Gasteiger partial charge in [-0.15, -0.1) is 0 Å². The first-order valence-electron chi connectivity index (χ1n) is 8.43. The van der Waals surface area contributed by atoms with Crippen molar-refractivity contribution in [2.45, 2.75) is 39.7 Å². The number of methoxy groups -OCH3 is 1. The van der Waals surface area contributed by atoms with Crippen molar-refractivity contribution in [2.75, 3.05) is 13.7 Å². The Morgan fingerprint density at radius 2 is 1.92 bits per heavy atom. The monoisotopic (exact) mass is 344 g/mol. The molecule has 2 aromatic rings. The second-order valence-corrected chi connectivity index (χ2v) is 5.92. The number of hydrogen-bond donors (Lipinski definition) is 0. The van der Waals surface area contributed by atoms with Gasteiger partial charge in [0.1, 0.15) is 6.26 Å². The molecule has 1 heterocycles. The van der Waals surface area contributed by atoms with Crippen LogP contribution in [0.2, 0.25) is 0 Å². The third-order valence-electron chi connectivity index (χ3n) is 3.89. The third-order valence-corrected chi connectivity index (χ3v) is 3.89. The van der Waals surface area contributed by atoms with E-state index < -0.39 is 5.97 Å². The largest absolute Gasteiger partial charge is 0.464 e. The summed E-state index contributed by atoms with van der Waals surface area (Å²) in [5, 5.41) is 0. The average molecular weight is 344 g/mol. The summed E-state index contributed by atoms with van der Waals surface area (Å²) in [6.07, 6.45) is 4.26. The molecule has 0 aliphatic rings. The molecule has 134 valence electrons. The fourth-order valence-corrected chi connectivity index (χ4v) is 2.43. The fourth-order valence-electron chi connectivity index (χ4n) is 2.43. The van der Waals surface area contributed by atoms with Gasteiger partial charge in [0.2, 0.25) is 5.89 Å². The van der Waals surface area contributed by atoms with E-state index in [1.54, 1.807) is 4.90 Å². The van der Waals surface area contributed by atoms with Crippen LogP contribution in [0.4, 0.5) is 0 Å². The smallest absolute Gasteiger partial charge is 0.360 e. The Balaban J connectivity index is 2.14. The summed E-state index contributed by atoms with van der Waals surface area (Å²) in [6, 6.07) is 7.47. The Morgan fingerprint density at radius 1 is 1.20 bits per heavy atom. The molecule has 0 unspecified atom stereocenters. The molecule has 2 rings (SSSR count). The molecule has 1 aromatic heterocycles. The van der Waals surface area contributed by atoms with E-state index in [0.29, 0.717) is 18.0 Å². The van der Waals surface area contributed by atoms with Gasteiger partial charge in [-0.1, -0.05) is 37.5 Å². The molecule has 0 saturated heterocycles. The van der Waals surface area contributed by atoms with Gasteiger partial charge in [-0.2, -0.15) is 0 Å². The average Bonchev–Trinajstić information content (AvgIpc) is 3.09. The van der Waals surface area contributed by atoms with Crippen molar-refractivity contribution in [3.8, 4) is 0 Å². The van der Waals surface area contributed by atoms with Crippen molar-refractivity contribution in [3.63, 3.8) is 0 Å². The first kappa shape index (κ1) is 18.7. The molecule has 1 aromatic carbocycles. The maximum atomic E-state index is 12.8. The van der Waals surface area contributed by atoms with Crippen molar-refractivity contribution < 1.29 is 18.7 Å². The summed E-state index contributed by atoms with van der Waals surface area (Å²) < 4.78 is 9.94. The van der Waals surface area contributed by atoms with Crippen LogP contribution in [0.5, 0.6) is 0 Å². The molecule has 0 radical (unpaired) electrons. The van der Waals surface area contributed by atoms with Crippen LogP contribution in [0, 0.1) is 6.92 Å². The van der Waals surface area contributed by atoms with Crippen molar-refractivity contribution in [2.24, 2.45) is 0 Å². The van der Waals surface area contributed by atoms with Crippen molar-refractivity contribution in [1.29, 1.82) is 0 Å². The molecule has 0 bridgehead atoms. The molecular formula is C19H24N2O4. The zero-order valence-corrected chi connectivity index (χ0v) is 14.9. The highest BCUT2D eigenvalue weighted by molar-refractivity contribution is 5.94. The predicted octanol–water partition coefficient (Wildman–Crippen LogP) is 3.60. The maximum absolute atomic E-state index is 12.8. The summed E-state index contributed by atoms with van der Waals surface area (Å²) in [5.74, 6) is -0.316. The molecule has 0 atom stereocenters. The minimum atomic E-state index is -0.558. The molecule has 0 saturated carbocycles. The standard InChI is InChI=1S/C19H24N2O4/c1-4-5-6-11-21(18(22)15-9-7-14(2)8-10-15)12-17-20-16(13-25-17)19(23)24-3/h7-10,13H,4-6,11-12H2,1-3H3. The Bertz CT molecular complexity index is 706. The van der Waals surface area contributed by atoms with Gasteiger partial charge < -0.3 is 14.1 Å². The molecule has 6 nitrogen and oxygen atoms in total. The van der Waals surface area contributed by atoms with E-state index in [4.69, 9.17) is 4.42 Å². The van der Waals surface area contributed by atoms with Gasteiger partial charge >= 0.3 is 5.97 Å². The van der Waals surface area contributed by atoms with Crippen LogP contribution in [0.3, 0.4) is 0 Å². The van der Waals surface area contributed by atoms with Crippen LogP contribution in [0.25, 0.3) is 0 Å². The van der Waals surface area contributed by atoms with Crippen molar-refractivity contribution >= 4 is 11.9 Å². The van der Waals surface area contributed by atoms with E-state index >= 15 is 0 Å². The lowest BCUT2D eigenvalue weighted by atomic mass is 10.1. The highest BCUT2D eigenvalue weighted by Gasteiger charge is 2.20. The number of rotatable bonds is 8. The lowest BCUT2D eigenvalue weighted by Crippen LogP contribution is -2.31. The number of ether oxygens (including phenoxy) is 1. The third kappa shape index (κ3) is 5.17. The van der Waals surface area contributed by atoms with E-state index in [0.717, 1.165) is 24.8 Å². The number of aromatic nitrogens is 1. The minimum absolute atomic E-state index is 0.0751. The molecule has 1 amide bonds. The number of benzene rings is 1. The molecular weight excluding hydrogens is 320 g/mol. The summed E-state index contributed by atoms with van der Waals surface area (Å²) in [6.45, 7) is 4.92. The number of carbonyl (C=O) groups is 2. The van der Waals surface area contributed by atoms with Crippen LogP contribution in [0.15, 0.2) is 34.9 Å². The van der Waals surface area contributed by atoms with E-state index in [1.807, 2.05) is 31.2 Å². The summed E-state index contributed by atoms with van der Waals surface area (Å²) in [7, 11) is 1.29. The molecule has 6 heteroatoms. The fraction of sp³-hybridized carbons (Fsp3) is 0.421. The first-order chi connectivity index (χ1) is 12.0. The van der Waals surface area contributed by atoms with Gasteiger partial charge in [0.25, 0.3) is 5.91 Å². The number of unbranched alkanes of at least 4 members (excludes halogenated alkanes) is 2. The zero-order valence-electron chi connectivity index (χ0n) is 14.9. The highest BCUT2D eigenvalue weighted by Crippen LogP contribution is 2.13. The summed E-state index contributed by atoms with van der Waals surface area (Å²) >= 11 is 0. The van der Waals surface area contributed by atoms with Crippen molar-refractivity contribution in [1.82, 2.24) is 9.88 Å². The SMILES string of the molecule is CCCCCN(Cc1nc(C(=O)OC)co1)C(=O)c1ccc(C)cc1. The van der Waals surface area contributed by atoms with E-state index in [-0.39, 0.29) is 18.1 Å². The summed E-state index contributed by atoms with van der Waals surface area (Å²) in [5.41, 5.74) is 1.83. The normalized spacial score (nSPS) is 10.5. The van der Waals surface area contributed by atoms with Gasteiger partial charge in [0.15, 0.2) is 5.69 Å². The number of esters is 1. The number of hydrogen-bond acceptors (Lipinski definition) is 5.